The number of carbonyl (C=O) groups excluding carboxylic acids is 2. The third kappa shape index (κ3) is 5.83. The number of aromatic nitrogens is 3. The third-order valence-electron chi connectivity index (χ3n) is 6.40. The molecule has 2 amide bonds. The maximum absolute atomic E-state index is 15.3. The highest BCUT2D eigenvalue weighted by Gasteiger charge is 2.35. The van der Waals surface area contributed by atoms with Gasteiger partial charge in [0, 0.05) is 23.9 Å². The first-order chi connectivity index (χ1) is 19.5. The SMILES string of the molecule is CCOc1cccc(N(C(=O)Cn2nnc3ccccc32)C(C(=O)NCc2ccccc2)c2ccccc2F)c1. The summed E-state index contributed by atoms with van der Waals surface area (Å²) < 4.78 is 22.5. The number of rotatable bonds is 10. The van der Waals surface area contributed by atoms with Gasteiger partial charge in [-0.2, -0.15) is 0 Å². The number of para-hydroxylation sites is 1. The third-order valence-corrected chi connectivity index (χ3v) is 6.40. The maximum Gasteiger partial charge on any atom is 0.249 e. The van der Waals surface area contributed by atoms with Crippen LogP contribution in [0.4, 0.5) is 10.1 Å². The van der Waals surface area contributed by atoms with Crippen LogP contribution in [0.5, 0.6) is 5.75 Å². The molecule has 4 aromatic carbocycles. The Morgan fingerprint density at radius 2 is 1.70 bits per heavy atom. The summed E-state index contributed by atoms with van der Waals surface area (Å²) in [4.78, 5) is 29.3. The summed E-state index contributed by atoms with van der Waals surface area (Å²) in [6, 6.07) is 28.1. The molecule has 0 aliphatic rings. The van der Waals surface area contributed by atoms with Crippen molar-refractivity contribution in [1.82, 2.24) is 20.3 Å². The van der Waals surface area contributed by atoms with Gasteiger partial charge in [-0.1, -0.05) is 71.9 Å². The molecule has 0 aliphatic heterocycles. The van der Waals surface area contributed by atoms with Gasteiger partial charge < -0.3 is 10.1 Å². The van der Waals surface area contributed by atoms with Crippen molar-refractivity contribution in [1.29, 1.82) is 0 Å². The smallest absolute Gasteiger partial charge is 0.249 e. The fourth-order valence-corrected chi connectivity index (χ4v) is 4.54. The molecule has 8 nitrogen and oxygen atoms in total. The summed E-state index contributed by atoms with van der Waals surface area (Å²) in [6.07, 6.45) is 0. The first-order valence-electron chi connectivity index (χ1n) is 12.9. The van der Waals surface area contributed by atoms with Gasteiger partial charge in [-0.3, -0.25) is 14.5 Å². The minimum atomic E-state index is -1.32. The molecule has 1 unspecified atom stereocenters. The van der Waals surface area contributed by atoms with Crippen molar-refractivity contribution in [3.8, 4) is 5.75 Å². The minimum absolute atomic E-state index is 0.0617. The van der Waals surface area contributed by atoms with Gasteiger partial charge >= 0.3 is 0 Å². The van der Waals surface area contributed by atoms with Crippen LogP contribution in [0.2, 0.25) is 0 Å². The van der Waals surface area contributed by atoms with Crippen molar-refractivity contribution in [2.24, 2.45) is 0 Å². The molecule has 0 spiro atoms. The average Bonchev–Trinajstić information content (AvgIpc) is 3.38. The van der Waals surface area contributed by atoms with E-state index in [1.807, 2.05) is 55.5 Å². The summed E-state index contributed by atoms with van der Waals surface area (Å²) >= 11 is 0. The van der Waals surface area contributed by atoms with Crippen LogP contribution in [0, 0.1) is 5.82 Å². The van der Waals surface area contributed by atoms with Gasteiger partial charge in [-0.25, -0.2) is 9.07 Å². The van der Waals surface area contributed by atoms with Crippen molar-refractivity contribution >= 4 is 28.5 Å². The van der Waals surface area contributed by atoms with E-state index >= 15 is 4.39 Å². The molecule has 5 aromatic rings. The van der Waals surface area contributed by atoms with Crippen molar-refractivity contribution in [2.45, 2.75) is 26.1 Å². The number of nitrogens with zero attached hydrogens (tertiary/aromatic N) is 4. The molecule has 0 bridgehead atoms. The van der Waals surface area contributed by atoms with Crippen LogP contribution >= 0.6 is 0 Å². The van der Waals surface area contributed by atoms with E-state index in [1.165, 1.54) is 21.7 Å². The van der Waals surface area contributed by atoms with E-state index in [1.54, 1.807) is 42.5 Å². The van der Waals surface area contributed by atoms with Crippen LogP contribution in [0.3, 0.4) is 0 Å². The number of fused-ring (bicyclic) bond motifs is 1. The number of ether oxygens (including phenoxy) is 1. The fraction of sp³-hybridized carbons (Fsp3) is 0.161. The van der Waals surface area contributed by atoms with Crippen LogP contribution in [0.25, 0.3) is 11.0 Å². The zero-order valence-corrected chi connectivity index (χ0v) is 21.9. The van der Waals surface area contributed by atoms with Gasteiger partial charge in [0.15, 0.2) is 0 Å². The van der Waals surface area contributed by atoms with E-state index < -0.39 is 23.7 Å². The summed E-state index contributed by atoms with van der Waals surface area (Å²) in [7, 11) is 0. The number of benzene rings is 4. The van der Waals surface area contributed by atoms with Crippen molar-refractivity contribution in [3.63, 3.8) is 0 Å². The van der Waals surface area contributed by atoms with E-state index in [-0.39, 0.29) is 18.7 Å². The Balaban J connectivity index is 1.58. The predicted molar refractivity (Wildman–Crippen MR) is 150 cm³/mol. The lowest BCUT2D eigenvalue weighted by Gasteiger charge is -2.32. The molecule has 0 radical (unpaired) electrons. The summed E-state index contributed by atoms with van der Waals surface area (Å²) in [6.45, 7) is 2.25. The lowest BCUT2D eigenvalue weighted by molar-refractivity contribution is -0.127. The van der Waals surface area contributed by atoms with Crippen LogP contribution in [0.1, 0.15) is 24.1 Å². The number of hydrogen-bond donors (Lipinski definition) is 1. The summed E-state index contributed by atoms with van der Waals surface area (Å²) in [5.41, 5.74) is 2.60. The molecule has 40 heavy (non-hydrogen) atoms. The Morgan fingerprint density at radius 3 is 2.50 bits per heavy atom. The van der Waals surface area contributed by atoms with Gasteiger partial charge in [-0.15, -0.1) is 5.10 Å². The first-order valence-corrected chi connectivity index (χ1v) is 12.9. The number of hydrogen-bond acceptors (Lipinski definition) is 5. The Kier molecular flexibility index (Phi) is 8.10. The second-order valence-corrected chi connectivity index (χ2v) is 9.06. The van der Waals surface area contributed by atoms with Crippen LogP contribution in [-0.4, -0.2) is 33.4 Å². The van der Waals surface area contributed by atoms with E-state index in [0.29, 0.717) is 29.1 Å². The molecule has 1 atom stereocenters. The largest absolute Gasteiger partial charge is 0.494 e. The molecule has 1 heterocycles. The summed E-state index contributed by atoms with van der Waals surface area (Å²) in [5, 5.41) is 11.2. The zero-order valence-electron chi connectivity index (χ0n) is 21.9. The van der Waals surface area contributed by atoms with E-state index in [9.17, 15) is 9.59 Å². The topological polar surface area (TPSA) is 89.3 Å². The standard InChI is InChI=1S/C31H28FN5O3/c1-2-40-24-14-10-13-23(19-24)37(29(38)21-36-28-18-9-8-17-27(28)34-35-36)30(25-15-6-7-16-26(25)32)31(39)33-20-22-11-4-3-5-12-22/h3-19,30H,2,20-21H2,1H3,(H,33,39). The summed E-state index contributed by atoms with van der Waals surface area (Å²) in [5.74, 6) is -1.10. The number of anilines is 1. The molecule has 0 saturated carbocycles. The van der Waals surface area contributed by atoms with Crippen molar-refractivity contribution in [2.75, 3.05) is 11.5 Å². The molecule has 202 valence electrons. The van der Waals surface area contributed by atoms with Crippen LogP contribution in [0.15, 0.2) is 103 Å². The van der Waals surface area contributed by atoms with Gasteiger partial charge in [0.2, 0.25) is 11.8 Å². The molecule has 0 saturated heterocycles. The monoisotopic (exact) mass is 537 g/mol. The number of nitrogens with one attached hydrogen (secondary N) is 1. The highest BCUT2D eigenvalue weighted by Crippen LogP contribution is 2.32. The predicted octanol–water partition coefficient (Wildman–Crippen LogP) is 5.06. The number of halogens is 1. The normalized spacial score (nSPS) is 11.7. The Morgan fingerprint density at radius 1 is 0.950 bits per heavy atom. The molecular weight excluding hydrogens is 509 g/mol. The lowest BCUT2D eigenvalue weighted by atomic mass is 10.0. The van der Waals surface area contributed by atoms with Gasteiger partial charge in [0.1, 0.15) is 29.7 Å². The molecular formula is C31H28FN5O3. The Hall–Kier alpha value is -5.05. The zero-order chi connectivity index (χ0) is 27.9. The van der Waals surface area contributed by atoms with Crippen molar-refractivity contribution in [3.05, 3.63) is 120 Å². The maximum atomic E-state index is 15.3. The first kappa shape index (κ1) is 26.6. The molecule has 1 N–H and O–H groups in total. The molecule has 0 aliphatic carbocycles. The van der Waals surface area contributed by atoms with E-state index in [2.05, 4.69) is 15.6 Å². The highest BCUT2D eigenvalue weighted by atomic mass is 19.1. The molecule has 9 heteroatoms. The Bertz CT molecular complexity index is 1620. The van der Waals surface area contributed by atoms with E-state index in [4.69, 9.17) is 4.74 Å². The highest BCUT2D eigenvalue weighted by molar-refractivity contribution is 6.01. The second-order valence-electron chi connectivity index (χ2n) is 9.06. The van der Waals surface area contributed by atoms with Gasteiger partial charge in [0.05, 0.1) is 12.1 Å². The van der Waals surface area contributed by atoms with Crippen LogP contribution in [-0.2, 0) is 22.7 Å². The van der Waals surface area contributed by atoms with E-state index in [0.717, 1.165) is 5.56 Å². The number of carbonyl (C=O) groups is 2. The lowest BCUT2D eigenvalue weighted by Crippen LogP contribution is -2.45. The quantitative estimate of drug-likeness (QED) is 0.269. The van der Waals surface area contributed by atoms with Gasteiger partial charge in [-0.05, 0) is 42.8 Å². The van der Waals surface area contributed by atoms with Crippen molar-refractivity contribution < 1.29 is 18.7 Å². The fourth-order valence-electron chi connectivity index (χ4n) is 4.54. The van der Waals surface area contributed by atoms with Crippen LogP contribution < -0.4 is 15.0 Å². The van der Waals surface area contributed by atoms with Gasteiger partial charge in [0.25, 0.3) is 0 Å². The average molecular weight is 538 g/mol. The number of amides is 2. The second kappa shape index (κ2) is 12.2. The molecule has 0 fully saturated rings. The minimum Gasteiger partial charge on any atom is -0.494 e. The molecule has 5 rings (SSSR count). The Labute approximate surface area is 231 Å². The molecule has 1 aromatic heterocycles.